The molecular formula is C22H21FN6O3S. The lowest BCUT2D eigenvalue weighted by atomic mass is 9.93. The molecule has 2 N–H and O–H groups in total. The van der Waals surface area contributed by atoms with E-state index in [-0.39, 0.29) is 11.4 Å². The van der Waals surface area contributed by atoms with E-state index in [9.17, 15) is 18.8 Å². The minimum absolute atomic E-state index is 0.162. The number of amides is 4. The number of urea groups is 1. The summed E-state index contributed by atoms with van der Waals surface area (Å²) in [6.45, 7) is 1.63. The number of rotatable bonds is 8. The van der Waals surface area contributed by atoms with E-state index in [4.69, 9.17) is 0 Å². The number of nitrogens with zero attached hydrogens (tertiary/aromatic N) is 4. The first-order valence-corrected chi connectivity index (χ1v) is 11.1. The zero-order chi connectivity index (χ0) is 23.4. The fourth-order valence-electron chi connectivity index (χ4n) is 3.42. The lowest BCUT2D eigenvalue weighted by Crippen LogP contribution is -2.49. The quantitative estimate of drug-likeness (QED) is 0.388. The van der Waals surface area contributed by atoms with Gasteiger partial charge in [-0.25, -0.2) is 9.18 Å². The third kappa shape index (κ3) is 4.87. The molecule has 0 radical (unpaired) electrons. The Labute approximate surface area is 193 Å². The first-order valence-electron chi connectivity index (χ1n) is 10.2. The smallest absolute Gasteiger partial charge is 0.322 e. The molecule has 1 aliphatic rings. The van der Waals surface area contributed by atoms with Crippen molar-refractivity contribution in [2.75, 3.05) is 5.75 Å². The van der Waals surface area contributed by atoms with E-state index >= 15 is 0 Å². The highest BCUT2D eigenvalue weighted by Crippen LogP contribution is 2.23. The molecule has 1 aromatic heterocycles. The van der Waals surface area contributed by atoms with Gasteiger partial charge in [0.15, 0.2) is 5.16 Å². The summed E-state index contributed by atoms with van der Waals surface area (Å²) < 4.78 is 15.5. The molecule has 170 valence electrons. The Hall–Kier alpha value is -3.73. The third-order valence-electron chi connectivity index (χ3n) is 5.21. The van der Waals surface area contributed by atoms with Gasteiger partial charge in [-0.1, -0.05) is 54.2 Å². The molecule has 33 heavy (non-hydrogen) atoms. The predicted octanol–water partition coefficient (Wildman–Crippen LogP) is 2.47. The number of para-hydroxylation sites is 1. The van der Waals surface area contributed by atoms with Crippen molar-refractivity contribution in [1.82, 2.24) is 30.5 Å². The first-order chi connectivity index (χ1) is 15.9. The van der Waals surface area contributed by atoms with Crippen LogP contribution in [0.4, 0.5) is 9.18 Å². The van der Waals surface area contributed by atoms with Crippen LogP contribution in [0.3, 0.4) is 0 Å². The zero-order valence-electron chi connectivity index (χ0n) is 17.7. The summed E-state index contributed by atoms with van der Waals surface area (Å²) in [6.07, 6.45) is 2.31. The molecule has 2 heterocycles. The van der Waals surface area contributed by atoms with Gasteiger partial charge in [0.1, 0.15) is 17.7 Å². The van der Waals surface area contributed by atoms with Crippen LogP contribution in [0, 0.1) is 5.82 Å². The molecule has 4 amide bonds. The Kier molecular flexibility index (Phi) is 6.40. The fraction of sp³-hybridized carbons (Fsp3) is 0.227. The number of thioether (sulfide) groups is 1. The predicted molar refractivity (Wildman–Crippen MR) is 119 cm³/mol. The minimum Gasteiger partial charge on any atom is -0.322 e. The maximum atomic E-state index is 14.1. The summed E-state index contributed by atoms with van der Waals surface area (Å²) in [6, 6.07) is 15.0. The number of carbonyl (C=O) groups is 3. The van der Waals surface area contributed by atoms with E-state index in [1.54, 1.807) is 25.1 Å². The Morgan fingerprint density at radius 3 is 2.64 bits per heavy atom. The van der Waals surface area contributed by atoms with Gasteiger partial charge in [0, 0.05) is 0 Å². The fourth-order valence-corrected chi connectivity index (χ4v) is 4.13. The SMILES string of the molecule is C[C@]1(CCc2ccccc2)NC(=O)N(NC(=O)CSc2nncn2-c2ccccc2F)C1=O. The van der Waals surface area contributed by atoms with Crippen molar-refractivity contribution in [2.45, 2.75) is 30.5 Å². The molecule has 9 nitrogen and oxygen atoms in total. The average Bonchev–Trinajstić information content (AvgIpc) is 3.36. The zero-order valence-corrected chi connectivity index (χ0v) is 18.5. The number of hydrogen-bond donors (Lipinski definition) is 2. The van der Waals surface area contributed by atoms with Gasteiger partial charge < -0.3 is 5.32 Å². The van der Waals surface area contributed by atoms with Crippen molar-refractivity contribution in [2.24, 2.45) is 0 Å². The van der Waals surface area contributed by atoms with Crippen molar-refractivity contribution in [1.29, 1.82) is 0 Å². The normalized spacial score (nSPS) is 17.8. The van der Waals surface area contributed by atoms with Crippen molar-refractivity contribution in [3.05, 3.63) is 72.3 Å². The number of nitrogens with one attached hydrogen (secondary N) is 2. The largest absolute Gasteiger partial charge is 0.344 e. The van der Waals surface area contributed by atoms with Crippen molar-refractivity contribution in [3.8, 4) is 5.69 Å². The van der Waals surface area contributed by atoms with Crippen LogP contribution in [-0.4, -0.2) is 48.9 Å². The number of halogens is 1. The third-order valence-corrected chi connectivity index (χ3v) is 6.16. The molecule has 1 atom stereocenters. The molecule has 1 aliphatic heterocycles. The maximum Gasteiger partial charge on any atom is 0.344 e. The first kappa shape index (κ1) is 22.5. The van der Waals surface area contributed by atoms with Gasteiger partial charge >= 0.3 is 6.03 Å². The van der Waals surface area contributed by atoms with Crippen LogP contribution in [0.2, 0.25) is 0 Å². The highest BCUT2D eigenvalue weighted by molar-refractivity contribution is 7.99. The molecule has 0 saturated carbocycles. The van der Waals surface area contributed by atoms with Crippen LogP contribution in [0.25, 0.3) is 5.69 Å². The minimum atomic E-state index is -1.13. The summed E-state index contributed by atoms with van der Waals surface area (Å²) in [5, 5.41) is 11.3. The Morgan fingerprint density at radius 2 is 1.88 bits per heavy atom. The lowest BCUT2D eigenvalue weighted by Gasteiger charge is -2.21. The molecule has 2 aromatic carbocycles. The van der Waals surface area contributed by atoms with E-state index in [1.165, 1.54) is 17.0 Å². The van der Waals surface area contributed by atoms with Gasteiger partial charge in [-0.2, -0.15) is 5.01 Å². The summed E-state index contributed by atoms with van der Waals surface area (Å²) >= 11 is 1.000. The Bertz CT molecular complexity index is 1190. The molecule has 0 spiro atoms. The van der Waals surface area contributed by atoms with E-state index in [2.05, 4.69) is 20.9 Å². The van der Waals surface area contributed by atoms with Crippen LogP contribution in [-0.2, 0) is 16.0 Å². The second-order valence-electron chi connectivity index (χ2n) is 7.65. The van der Waals surface area contributed by atoms with Crippen LogP contribution in [0.5, 0.6) is 0 Å². The number of hydrogen-bond acceptors (Lipinski definition) is 6. The molecule has 0 unspecified atom stereocenters. The Balaban J connectivity index is 1.35. The summed E-state index contributed by atoms with van der Waals surface area (Å²) in [7, 11) is 0. The van der Waals surface area contributed by atoms with Gasteiger partial charge in [0.05, 0.1) is 11.4 Å². The van der Waals surface area contributed by atoms with Gasteiger partial charge in [-0.05, 0) is 37.5 Å². The van der Waals surface area contributed by atoms with Crippen LogP contribution in [0.15, 0.2) is 66.1 Å². The van der Waals surface area contributed by atoms with Gasteiger partial charge in [-0.15, -0.1) is 10.2 Å². The van der Waals surface area contributed by atoms with Gasteiger partial charge in [-0.3, -0.25) is 19.6 Å². The topological polar surface area (TPSA) is 109 Å². The second kappa shape index (κ2) is 9.41. The van der Waals surface area contributed by atoms with Crippen LogP contribution in [0.1, 0.15) is 18.9 Å². The van der Waals surface area contributed by atoms with E-state index in [0.29, 0.717) is 23.0 Å². The van der Waals surface area contributed by atoms with Gasteiger partial charge in [0.2, 0.25) is 5.91 Å². The van der Waals surface area contributed by atoms with E-state index in [0.717, 1.165) is 17.3 Å². The van der Waals surface area contributed by atoms with E-state index < -0.39 is 29.2 Å². The number of benzene rings is 2. The lowest BCUT2D eigenvalue weighted by molar-refractivity contribution is -0.138. The molecule has 1 saturated heterocycles. The van der Waals surface area contributed by atoms with Crippen molar-refractivity contribution in [3.63, 3.8) is 0 Å². The van der Waals surface area contributed by atoms with Crippen LogP contribution < -0.4 is 10.7 Å². The number of aromatic nitrogens is 3. The standard InChI is InChI=1S/C22H21FN6O3S/c1-22(12-11-15-7-3-2-4-8-15)19(31)29(20(32)25-22)27-18(30)13-33-21-26-24-14-28(21)17-10-6-5-9-16(17)23/h2-10,14H,11-13H2,1H3,(H,25,32)(H,27,30)/t22-/m1/s1. The highest BCUT2D eigenvalue weighted by Gasteiger charge is 2.48. The number of carbonyl (C=O) groups excluding carboxylic acids is 3. The van der Waals surface area contributed by atoms with E-state index in [1.807, 2.05) is 30.3 Å². The molecule has 0 bridgehead atoms. The Morgan fingerprint density at radius 1 is 1.15 bits per heavy atom. The summed E-state index contributed by atoms with van der Waals surface area (Å²) in [5.41, 5.74) is 2.50. The van der Waals surface area contributed by atoms with Gasteiger partial charge in [0.25, 0.3) is 5.91 Å². The molecular weight excluding hydrogens is 447 g/mol. The summed E-state index contributed by atoms with van der Waals surface area (Å²) in [4.78, 5) is 37.7. The monoisotopic (exact) mass is 468 g/mol. The molecule has 3 aromatic rings. The number of aryl methyl sites for hydroxylation is 1. The van der Waals surface area contributed by atoms with Crippen LogP contribution >= 0.6 is 11.8 Å². The molecule has 1 fully saturated rings. The number of imide groups is 1. The molecule has 0 aliphatic carbocycles. The maximum absolute atomic E-state index is 14.1. The number of hydrazine groups is 1. The highest BCUT2D eigenvalue weighted by atomic mass is 32.2. The summed E-state index contributed by atoms with van der Waals surface area (Å²) in [5.74, 6) is -1.74. The van der Waals surface area contributed by atoms with Crippen molar-refractivity contribution < 1.29 is 18.8 Å². The second-order valence-corrected chi connectivity index (χ2v) is 8.59. The molecule has 4 rings (SSSR count). The average molecular weight is 469 g/mol. The van der Waals surface area contributed by atoms with Crippen molar-refractivity contribution >= 4 is 29.6 Å². The molecule has 11 heteroatoms.